The maximum atomic E-state index is 11.9. The Balaban J connectivity index is 2.63. The van der Waals surface area contributed by atoms with Crippen molar-refractivity contribution in [3.8, 4) is 6.07 Å². The van der Waals surface area contributed by atoms with Crippen LogP contribution in [0.1, 0.15) is 18.1 Å². The quantitative estimate of drug-likeness (QED) is 0.786. The number of benzene rings is 1. The van der Waals surface area contributed by atoms with Gasteiger partial charge in [-0.15, -0.1) is 0 Å². The van der Waals surface area contributed by atoms with Crippen LogP contribution in [0.5, 0.6) is 0 Å². The van der Waals surface area contributed by atoms with Gasteiger partial charge in [0.25, 0.3) is 0 Å². The minimum atomic E-state index is -3.51. The first-order valence-corrected chi connectivity index (χ1v) is 9.00. The van der Waals surface area contributed by atoms with Crippen LogP contribution in [0.15, 0.2) is 24.3 Å². The van der Waals surface area contributed by atoms with Gasteiger partial charge in [0.15, 0.2) is 0 Å². The molecule has 1 rings (SSSR count). The number of hydrogen-bond acceptors (Lipinski definition) is 5. The molecular formula is C13H18N2O3S2. The van der Waals surface area contributed by atoms with Crippen molar-refractivity contribution in [2.75, 3.05) is 18.6 Å². The lowest BCUT2D eigenvalue weighted by atomic mass is 10.1. The van der Waals surface area contributed by atoms with Gasteiger partial charge in [-0.2, -0.15) is 17.0 Å². The number of aliphatic hydroxyl groups is 1. The van der Waals surface area contributed by atoms with Gasteiger partial charge in [0, 0.05) is 12.3 Å². The Kier molecular flexibility index (Phi) is 6.02. The normalized spacial score (nSPS) is 14.5. The number of nitrogens with zero attached hydrogens (tertiary/aromatic N) is 1. The van der Waals surface area contributed by atoms with Gasteiger partial charge in [0.05, 0.1) is 23.0 Å². The number of nitrogens with one attached hydrogen (secondary N) is 1. The summed E-state index contributed by atoms with van der Waals surface area (Å²) in [6.45, 7) is 1.57. The van der Waals surface area contributed by atoms with Crippen molar-refractivity contribution < 1.29 is 13.5 Å². The van der Waals surface area contributed by atoms with Gasteiger partial charge in [-0.25, -0.2) is 13.1 Å². The van der Waals surface area contributed by atoms with E-state index in [4.69, 9.17) is 5.26 Å². The first-order chi connectivity index (χ1) is 9.28. The van der Waals surface area contributed by atoms with Crippen LogP contribution in [0.3, 0.4) is 0 Å². The molecule has 5 nitrogen and oxygen atoms in total. The number of rotatable bonds is 7. The molecule has 0 saturated carbocycles. The van der Waals surface area contributed by atoms with Crippen LogP contribution in [0.2, 0.25) is 0 Å². The molecule has 1 unspecified atom stereocenters. The highest BCUT2D eigenvalue weighted by molar-refractivity contribution is 7.98. The van der Waals surface area contributed by atoms with Crippen molar-refractivity contribution in [2.24, 2.45) is 0 Å². The van der Waals surface area contributed by atoms with Crippen LogP contribution >= 0.6 is 11.8 Å². The molecule has 0 heterocycles. The average Bonchev–Trinajstić information content (AvgIpc) is 2.37. The highest BCUT2D eigenvalue weighted by Gasteiger charge is 2.22. The standard InChI is InChI=1S/C13H18N2O3S2/c1-13(16,10-19-2)9-15-20(17,18)8-12-5-3-11(7-14)4-6-12/h3-6,15-16H,8-10H2,1-2H3. The molecule has 0 aromatic heterocycles. The van der Waals surface area contributed by atoms with E-state index in [-0.39, 0.29) is 12.3 Å². The lowest BCUT2D eigenvalue weighted by Gasteiger charge is -2.22. The molecule has 0 aliphatic rings. The molecule has 1 atom stereocenters. The van der Waals surface area contributed by atoms with Gasteiger partial charge < -0.3 is 5.11 Å². The third-order valence-corrected chi connectivity index (χ3v) is 4.78. The van der Waals surface area contributed by atoms with Crippen LogP contribution in [0, 0.1) is 11.3 Å². The molecule has 0 radical (unpaired) electrons. The highest BCUT2D eigenvalue weighted by Crippen LogP contribution is 2.11. The molecule has 20 heavy (non-hydrogen) atoms. The van der Waals surface area contributed by atoms with Crippen molar-refractivity contribution in [1.29, 1.82) is 5.26 Å². The van der Waals surface area contributed by atoms with Crippen molar-refractivity contribution in [2.45, 2.75) is 18.3 Å². The van der Waals surface area contributed by atoms with E-state index in [9.17, 15) is 13.5 Å². The lowest BCUT2D eigenvalue weighted by Crippen LogP contribution is -2.42. The predicted octanol–water partition coefficient (Wildman–Crippen LogP) is 1.09. The number of hydrogen-bond donors (Lipinski definition) is 2. The van der Waals surface area contributed by atoms with E-state index in [2.05, 4.69) is 4.72 Å². The van der Waals surface area contributed by atoms with Crippen LogP contribution in [-0.4, -0.2) is 37.7 Å². The van der Waals surface area contributed by atoms with Crippen LogP contribution in [-0.2, 0) is 15.8 Å². The summed E-state index contributed by atoms with van der Waals surface area (Å²) in [5.74, 6) is 0.278. The smallest absolute Gasteiger partial charge is 0.215 e. The van der Waals surface area contributed by atoms with E-state index < -0.39 is 15.6 Å². The Morgan fingerprint density at radius 2 is 2.00 bits per heavy atom. The Morgan fingerprint density at radius 3 is 2.50 bits per heavy atom. The first kappa shape index (κ1) is 17.0. The van der Waals surface area contributed by atoms with E-state index in [0.717, 1.165) is 0 Å². The summed E-state index contributed by atoms with van der Waals surface area (Å²) < 4.78 is 26.2. The molecule has 1 aromatic rings. The molecular weight excluding hydrogens is 296 g/mol. The van der Waals surface area contributed by atoms with Gasteiger partial charge in [0.1, 0.15) is 0 Å². The maximum absolute atomic E-state index is 11.9. The van der Waals surface area contributed by atoms with E-state index in [1.165, 1.54) is 11.8 Å². The van der Waals surface area contributed by atoms with Crippen LogP contribution in [0.25, 0.3) is 0 Å². The zero-order valence-corrected chi connectivity index (χ0v) is 13.1. The summed E-state index contributed by atoms with van der Waals surface area (Å²) in [6.07, 6.45) is 1.85. The lowest BCUT2D eigenvalue weighted by molar-refractivity contribution is 0.0908. The molecule has 0 bridgehead atoms. The molecule has 1 aromatic carbocycles. The molecule has 2 N–H and O–H groups in total. The maximum Gasteiger partial charge on any atom is 0.215 e. The van der Waals surface area contributed by atoms with Crippen molar-refractivity contribution in [1.82, 2.24) is 4.72 Å². The Bertz CT molecular complexity index is 575. The molecule has 0 aliphatic carbocycles. The van der Waals surface area contributed by atoms with Gasteiger partial charge >= 0.3 is 0 Å². The van der Waals surface area contributed by atoms with Gasteiger partial charge in [0.2, 0.25) is 10.0 Å². The predicted molar refractivity (Wildman–Crippen MR) is 80.8 cm³/mol. The second kappa shape index (κ2) is 7.09. The van der Waals surface area contributed by atoms with Crippen molar-refractivity contribution in [3.05, 3.63) is 35.4 Å². The summed E-state index contributed by atoms with van der Waals surface area (Å²) in [7, 11) is -3.51. The molecule has 0 fully saturated rings. The van der Waals surface area contributed by atoms with Gasteiger partial charge in [-0.3, -0.25) is 0 Å². The van der Waals surface area contributed by atoms with Crippen molar-refractivity contribution in [3.63, 3.8) is 0 Å². The molecule has 0 saturated heterocycles. The molecule has 110 valence electrons. The summed E-state index contributed by atoms with van der Waals surface area (Å²) in [5.41, 5.74) is 0.0139. The van der Waals surface area contributed by atoms with E-state index >= 15 is 0 Å². The van der Waals surface area contributed by atoms with Gasteiger partial charge in [-0.1, -0.05) is 12.1 Å². The fraction of sp³-hybridized carbons (Fsp3) is 0.462. The van der Waals surface area contributed by atoms with E-state index in [0.29, 0.717) is 16.9 Å². The minimum Gasteiger partial charge on any atom is -0.388 e. The second-order valence-electron chi connectivity index (χ2n) is 4.82. The number of sulfonamides is 1. The molecule has 0 spiro atoms. The summed E-state index contributed by atoms with van der Waals surface area (Å²) in [6, 6.07) is 8.35. The zero-order chi connectivity index (χ0) is 15.2. The van der Waals surface area contributed by atoms with Crippen LogP contribution in [0.4, 0.5) is 0 Å². The molecule has 0 amide bonds. The topological polar surface area (TPSA) is 90.2 Å². The van der Waals surface area contributed by atoms with Gasteiger partial charge in [-0.05, 0) is 30.9 Å². The molecule has 7 heteroatoms. The Hall–Kier alpha value is -1.07. The molecule has 0 aliphatic heterocycles. The van der Waals surface area contributed by atoms with Crippen LogP contribution < -0.4 is 4.72 Å². The fourth-order valence-corrected chi connectivity index (χ4v) is 3.56. The summed E-state index contributed by atoms with van der Waals surface area (Å²) in [4.78, 5) is 0. The SMILES string of the molecule is CSCC(C)(O)CNS(=O)(=O)Cc1ccc(C#N)cc1. The Labute approximate surface area is 124 Å². The number of nitriles is 1. The Morgan fingerprint density at radius 1 is 1.40 bits per heavy atom. The highest BCUT2D eigenvalue weighted by atomic mass is 32.2. The number of thioether (sulfide) groups is 1. The van der Waals surface area contributed by atoms with E-state index in [1.807, 2.05) is 12.3 Å². The third-order valence-electron chi connectivity index (χ3n) is 2.57. The third kappa shape index (κ3) is 5.92. The van der Waals surface area contributed by atoms with Crippen molar-refractivity contribution >= 4 is 21.8 Å². The summed E-state index contributed by atoms with van der Waals surface area (Å²) >= 11 is 1.45. The fourth-order valence-electron chi connectivity index (χ4n) is 1.57. The average molecular weight is 314 g/mol. The minimum absolute atomic E-state index is 0.0214. The van der Waals surface area contributed by atoms with E-state index in [1.54, 1.807) is 31.2 Å². The monoisotopic (exact) mass is 314 g/mol. The largest absolute Gasteiger partial charge is 0.388 e. The zero-order valence-electron chi connectivity index (χ0n) is 11.5. The first-order valence-electron chi connectivity index (χ1n) is 5.96. The second-order valence-corrected chi connectivity index (χ2v) is 7.49. The summed E-state index contributed by atoms with van der Waals surface area (Å²) in [5, 5.41) is 18.6.